The number of carbonyl (C=O) groups is 1. The van der Waals surface area contributed by atoms with Crippen LogP contribution in [-0.2, 0) is 6.54 Å². The van der Waals surface area contributed by atoms with Crippen LogP contribution < -0.4 is 5.32 Å². The van der Waals surface area contributed by atoms with Gasteiger partial charge in [-0.15, -0.1) is 11.3 Å². The topological polar surface area (TPSA) is 34.0 Å². The molecule has 2 aromatic heterocycles. The molecule has 0 saturated heterocycles. The molecule has 1 N–H and O–H groups in total. The molecule has 5 heteroatoms. The molecule has 3 aromatic rings. The maximum Gasteiger partial charge on any atom is 0.268 e. The molecule has 5 rings (SSSR count). The van der Waals surface area contributed by atoms with E-state index >= 15 is 0 Å². The van der Waals surface area contributed by atoms with E-state index in [0.29, 0.717) is 24.2 Å². The Morgan fingerprint density at radius 3 is 2.92 bits per heavy atom. The summed E-state index contributed by atoms with van der Waals surface area (Å²) in [4.78, 5) is 14.1. The standard InChI is InChI=1S/C21H21FN2OS/c22-17-3-1-2-14(9-17)12-24-19(11-16-6-7-26-21(16)24)20(25)23-18-10-13-4-5-15(18)8-13/h1-3,6-7,9,11,13,15,18H,4-5,8,10,12H2,(H,23,25)/t13-,15+,18-/m0/s1. The molecule has 3 nitrogen and oxygen atoms in total. The van der Waals surface area contributed by atoms with E-state index in [1.54, 1.807) is 17.4 Å². The Kier molecular flexibility index (Phi) is 3.85. The Bertz CT molecular complexity index is 975. The number of halogens is 1. The number of rotatable bonds is 4. The van der Waals surface area contributed by atoms with Gasteiger partial charge >= 0.3 is 0 Å². The Hall–Kier alpha value is -2.14. The van der Waals surface area contributed by atoms with Gasteiger partial charge in [0.15, 0.2) is 0 Å². The second-order valence-corrected chi connectivity index (χ2v) is 8.58. The monoisotopic (exact) mass is 368 g/mol. The van der Waals surface area contributed by atoms with Gasteiger partial charge < -0.3 is 9.88 Å². The summed E-state index contributed by atoms with van der Waals surface area (Å²) in [5.41, 5.74) is 1.55. The molecule has 0 unspecified atom stereocenters. The lowest BCUT2D eigenvalue weighted by molar-refractivity contribution is 0.0914. The van der Waals surface area contributed by atoms with Crippen LogP contribution in [0.5, 0.6) is 0 Å². The molecule has 26 heavy (non-hydrogen) atoms. The van der Waals surface area contributed by atoms with Crippen molar-refractivity contribution in [2.24, 2.45) is 11.8 Å². The molecule has 2 heterocycles. The normalized spacial score (nSPS) is 24.4. The SMILES string of the molecule is O=C(N[C@H]1C[C@H]2CC[C@@H]1C2)c1cc2ccsc2n1Cc1cccc(F)c1. The van der Waals surface area contributed by atoms with E-state index in [4.69, 9.17) is 0 Å². The van der Waals surface area contributed by atoms with Crippen LogP contribution in [-0.4, -0.2) is 16.5 Å². The lowest BCUT2D eigenvalue weighted by atomic mass is 9.95. The number of nitrogens with zero attached hydrogens (tertiary/aromatic N) is 1. The first-order valence-corrected chi connectivity index (χ1v) is 10.2. The van der Waals surface area contributed by atoms with Crippen LogP contribution in [0.4, 0.5) is 4.39 Å². The van der Waals surface area contributed by atoms with Crippen molar-refractivity contribution >= 4 is 27.5 Å². The Morgan fingerprint density at radius 2 is 2.15 bits per heavy atom. The maximum atomic E-state index is 13.6. The van der Waals surface area contributed by atoms with E-state index in [-0.39, 0.29) is 11.7 Å². The number of hydrogen-bond donors (Lipinski definition) is 1. The highest BCUT2D eigenvalue weighted by Crippen LogP contribution is 2.44. The highest BCUT2D eigenvalue weighted by molar-refractivity contribution is 7.16. The number of benzene rings is 1. The zero-order valence-corrected chi connectivity index (χ0v) is 15.3. The van der Waals surface area contributed by atoms with Crippen LogP contribution in [0.25, 0.3) is 10.2 Å². The molecule has 1 aromatic carbocycles. The molecule has 2 aliphatic rings. The lowest BCUT2D eigenvalue weighted by Gasteiger charge is -2.23. The highest BCUT2D eigenvalue weighted by Gasteiger charge is 2.40. The molecule has 0 spiro atoms. The van der Waals surface area contributed by atoms with E-state index in [1.807, 2.05) is 28.1 Å². The third-order valence-corrected chi connectivity index (χ3v) is 6.97. The maximum absolute atomic E-state index is 13.6. The Morgan fingerprint density at radius 1 is 1.23 bits per heavy atom. The summed E-state index contributed by atoms with van der Waals surface area (Å²) in [7, 11) is 0. The Balaban J connectivity index is 1.45. The first-order valence-electron chi connectivity index (χ1n) is 9.29. The van der Waals surface area contributed by atoms with E-state index in [2.05, 4.69) is 5.32 Å². The quantitative estimate of drug-likeness (QED) is 0.705. The number of carbonyl (C=O) groups excluding carboxylic acids is 1. The minimum Gasteiger partial charge on any atom is -0.348 e. The van der Waals surface area contributed by atoms with E-state index in [9.17, 15) is 9.18 Å². The largest absolute Gasteiger partial charge is 0.348 e. The van der Waals surface area contributed by atoms with Gasteiger partial charge in [-0.3, -0.25) is 4.79 Å². The molecule has 2 fully saturated rings. The molecular weight excluding hydrogens is 347 g/mol. The minimum atomic E-state index is -0.245. The summed E-state index contributed by atoms with van der Waals surface area (Å²) >= 11 is 1.62. The first-order chi connectivity index (χ1) is 12.7. The van der Waals surface area contributed by atoms with Crippen LogP contribution in [0.3, 0.4) is 0 Å². The summed E-state index contributed by atoms with van der Waals surface area (Å²) in [5.74, 6) is 1.21. The zero-order valence-electron chi connectivity index (χ0n) is 14.5. The Labute approximate surface area is 155 Å². The van der Waals surface area contributed by atoms with Crippen molar-refractivity contribution < 1.29 is 9.18 Å². The van der Waals surface area contributed by atoms with Gasteiger partial charge in [-0.05, 0) is 66.3 Å². The van der Waals surface area contributed by atoms with Gasteiger partial charge in [0.05, 0.1) is 0 Å². The van der Waals surface area contributed by atoms with Gasteiger partial charge in [0.2, 0.25) is 0 Å². The summed E-state index contributed by atoms with van der Waals surface area (Å²) in [6.07, 6.45) is 4.96. The van der Waals surface area contributed by atoms with Crippen molar-refractivity contribution in [2.75, 3.05) is 0 Å². The smallest absolute Gasteiger partial charge is 0.268 e. The molecule has 2 saturated carbocycles. The van der Waals surface area contributed by atoms with Crippen molar-refractivity contribution in [3.8, 4) is 0 Å². The molecule has 2 aliphatic carbocycles. The van der Waals surface area contributed by atoms with Crippen LogP contribution in [0.1, 0.15) is 41.7 Å². The fourth-order valence-corrected chi connectivity index (χ4v) is 5.70. The van der Waals surface area contributed by atoms with Gasteiger partial charge in [-0.25, -0.2) is 4.39 Å². The number of thiophene rings is 1. The van der Waals surface area contributed by atoms with Gasteiger partial charge in [0.25, 0.3) is 5.91 Å². The number of fused-ring (bicyclic) bond motifs is 3. The number of hydrogen-bond acceptors (Lipinski definition) is 2. The predicted molar refractivity (Wildman–Crippen MR) is 102 cm³/mol. The van der Waals surface area contributed by atoms with Crippen LogP contribution in [0.2, 0.25) is 0 Å². The summed E-state index contributed by atoms with van der Waals surface area (Å²) < 4.78 is 15.6. The summed E-state index contributed by atoms with van der Waals surface area (Å²) in [6, 6.07) is 10.9. The van der Waals surface area contributed by atoms with Crippen molar-refractivity contribution in [3.63, 3.8) is 0 Å². The third kappa shape index (κ3) is 2.75. The average molecular weight is 368 g/mol. The van der Waals surface area contributed by atoms with Crippen molar-refractivity contribution in [3.05, 3.63) is 58.9 Å². The average Bonchev–Trinajstić information content (AvgIpc) is 3.37. The second kappa shape index (κ2) is 6.23. The molecular formula is C21H21FN2OS. The predicted octanol–water partition coefficient (Wildman–Crippen LogP) is 4.81. The van der Waals surface area contributed by atoms with Crippen LogP contribution in [0, 0.1) is 17.7 Å². The number of aromatic nitrogens is 1. The van der Waals surface area contributed by atoms with Crippen LogP contribution in [0.15, 0.2) is 41.8 Å². The van der Waals surface area contributed by atoms with Gasteiger partial charge in [0, 0.05) is 18.0 Å². The molecule has 0 aliphatic heterocycles. The molecule has 0 radical (unpaired) electrons. The van der Waals surface area contributed by atoms with E-state index in [0.717, 1.165) is 28.1 Å². The number of nitrogens with one attached hydrogen (secondary N) is 1. The summed E-state index contributed by atoms with van der Waals surface area (Å²) in [5, 5.41) is 6.39. The number of amides is 1. The minimum absolute atomic E-state index is 0.00218. The van der Waals surface area contributed by atoms with Crippen molar-refractivity contribution in [1.82, 2.24) is 9.88 Å². The zero-order chi connectivity index (χ0) is 17.7. The van der Waals surface area contributed by atoms with Gasteiger partial charge in [-0.2, -0.15) is 0 Å². The lowest BCUT2D eigenvalue weighted by Crippen LogP contribution is -2.39. The second-order valence-electron chi connectivity index (χ2n) is 7.68. The highest BCUT2D eigenvalue weighted by atomic mass is 32.1. The van der Waals surface area contributed by atoms with Gasteiger partial charge in [-0.1, -0.05) is 18.6 Å². The molecule has 2 bridgehead atoms. The van der Waals surface area contributed by atoms with Crippen LogP contribution >= 0.6 is 11.3 Å². The van der Waals surface area contributed by atoms with Gasteiger partial charge in [0.1, 0.15) is 16.3 Å². The van der Waals surface area contributed by atoms with E-state index in [1.165, 1.54) is 31.4 Å². The van der Waals surface area contributed by atoms with E-state index < -0.39 is 0 Å². The van der Waals surface area contributed by atoms with Crippen molar-refractivity contribution in [1.29, 1.82) is 0 Å². The fraction of sp³-hybridized carbons (Fsp3) is 0.381. The molecule has 3 atom stereocenters. The first kappa shape index (κ1) is 16.1. The molecule has 1 amide bonds. The molecule has 134 valence electrons. The fourth-order valence-electron chi connectivity index (χ4n) is 4.80. The van der Waals surface area contributed by atoms with Crippen molar-refractivity contribution in [2.45, 2.75) is 38.3 Å². The third-order valence-electron chi connectivity index (χ3n) is 6.02. The summed E-state index contributed by atoms with van der Waals surface area (Å²) in [6.45, 7) is 0.501.